The molecule has 1 rings (SSSR count). The number of hydrogen-bond donors (Lipinski definition) is 2. The lowest BCUT2D eigenvalue weighted by molar-refractivity contribution is -0.132. The Labute approximate surface area is 58.2 Å². The van der Waals surface area contributed by atoms with Crippen molar-refractivity contribution in [3.8, 4) is 0 Å². The monoisotopic (exact) mass is 143 g/mol. The van der Waals surface area contributed by atoms with Crippen LogP contribution in [0.15, 0.2) is 24.0 Å². The van der Waals surface area contributed by atoms with Crippen LogP contribution in [-0.2, 0) is 4.79 Å². The predicted molar refractivity (Wildman–Crippen MR) is 36.2 cm³/mol. The molecule has 56 valence electrons. The van der Waals surface area contributed by atoms with Crippen LogP contribution < -0.4 is 5.32 Å². The molecule has 0 aromatic heterocycles. The first-order valence-corrected chi connectivity index (χ1v) is 2.64. The second kappa shape index (κ2) is 3.68. The van der Waals surface area contributed by atoms with E-state index < -0.39 is 5.97 Å². The van der Waals surface area contributed by atoms with Crippen LogP contribution in [0, 0.1) is 0 Å². The first kappa shape index (κ1) is 8.71. The largest absolute Gasteiger partial charge is 0.478 e. The van der Waals surface area contributed by atoms with E-state index in [9.17, 15) is 4.79 Å². The molecule has 1 aliphatic heterocycles. The van der Waals surface area contributed by atoms with Crippen LogP contribution in [-0.4, -0.2) is 16.6 Å². The average Bonchev–Trinajstić information content (AvgIpc) is 1.90. The van der Waals surface area contributed by atoms with E-state index in [0.29, 0.717) is 12.0 Å². The molecule has 0 spiro atoms. The molecule has 0 atom stereocenters. The number of dihydropyridines is 1. The van der Waals surface area contributed by atoms with Crippen LogP contribution in [0.1, 0.15) is 6.42 Å². The highest BCUT2D eigenvalue weighted by Gasteiger charge is 2.05. The van der Waals surface area contributed by atoms with E-state index in [1.165, 1.54) is 6.20 Å². The molecule has 0 saturated heterocycles. The minimum atomic E-state index is -0.855. The van der Waals surface area contributed by atoms with Crippen molar-refractivity contribution in [1.82, 2.24) is 5.32 Å². The minimum absolute atomic E-state index is 0. The number of rotatable bonds is 1. The number of carbonyl (C=O) groups is 1. The fourth-order valence-corrected chi connectivity index (χ4v) is 0.611. The van der Waals surface area contributed by atoms with Gasteiger partial charge in [0.25, 0.3) is 0 Å². The summed E-state index contributed by atoms with van der Waals surface area (Å²) >= 11 is 0. The van der Waals surface area contributed by atoms with Gasteiger partial charge in [-0.2, -0.15) is 0 Å². The van der Waals surface area contributed by atoms with Gasteiger partial charge < -0.3 is 15.9 Å². The molecule has 0 fully saturated rings. The molecule has 0 aromatic rings. The number of aliphatic carboxylic acids is 1. The number of carboxylic acid groups (broad SMARTS) is 1. The summed E-state index contributed by atoms with van der Waals surface area (Å²) in [4.78, 5) is 10.2. The zero-order valence-electron chi connectivity index (χ0n) is 5.29. The van der Waals surface area contributed by atoms with Gasteiger partial charge in [0.05, 0.1) is 5.57 Å². The van der Waals surface area contributed by atoms with E-state index in [4.69, 9.17) is 5.11 Å². The Bertz CT molecular complexity index is 183. The second-order valence-corrected chi connectivity index (χ2v) is 1.75. The summed E-state index contributed by atoms with van der Waals surface area (Å²) in [5.41, 5.74) is 0.400. The maximum atomic E-state index is 10.2. The quantitative estimate of drug-likeness (QED) is 0.525. The van der Waals surface area contributed by atoms with Gasteiger partial charge in [0.15, 0.2) is 0 Å². The van der Waals surface area contributed by atoms with Gasteiger partial charge in [-0.15, -0.1) is 0 Å². The number of nitrogens with one attached hydrogen (secondary N) is 1. The molecule has 0 aliphatic carbocycles. The molecule has 0 aromatic carbocycles. The second-order valence-electron chi connectivity index (χ2n) is 1.75. The molecule has 0 unspecified atom stereocenters. The normalized spacial score (nSPS) is 14.6. The molecule has 4 nitrogen and oxygen atoms in total. The highest BCUT2D eigenvalue weighted by Crippen LogP contribution is 2.03. The summed E-state index contributed by atoms with van der Waals surface area (Å²) < 4.78 is 0. The van der Waals surface area contributed by atoms with E-state index in [1.54, 1.807) is 12.3 Å². The third-order valence-corrected chi connectivity index (χ3v) is 1.08. The summed E-state index contributed by atoms with van der Waals surface area (Å²) in [6.45, 7) is 0. The molecule has 4 heteroatoms. The SMILES string of the molecule is O.O=C(O)C1=CNC=CC1. The predicted octanol–water partition coefficient (Wildman–Crippen LogP) is -0.363. The van der Waals surface area contributed by atoms with Crippen LogP contribution in [0.25, 0.3) is 0 Å². The lowest BCUT2D eigenvalue weighted by atomic mass is 10.2. The van der Waals surface area contributed by atoms with E-state index in [1.807, 2.05) is 0 Å². The zero-order chi connectivity index (χ0) is 6.69. The molecule has 0 amide bonds. The van der Waals surface area contributed by atoms with Crippen molar-refractivity contribution in [3.63, 3.8) is 0 Å². The summed E-state index contributed by atoms with van der Waals surface area (Å²) in [7, 11) is 0. The lowest BCUT2D eigenvalue weighted by Crippen LogP contribution is -2.08. The molecular formula is C6H9NO3. The van der Waals surface area contributed by atoms with E-state index >= 15 is 0 Å². The lowest BCUT2D eigenvalue weighted by Gasteiger charge is -2.02. The first-order valence-electron chi connectivity index (χ1n) is 2.64. The maximum Gasteiger partial charge on any atom is 0.333 e. The Hall–Kier alpha value is -1.29. The van der Waals surface area contributed by atoms with Gasteiger partial charge in [-0.25, -0.2) is 4.79 Å². The number of allylic oxidation sites excluding steroid dienone is 1. The van der Waals surface area contributed by atoms with Crippen molar-refractivity contribution in [2.75, 3.05) is 0 Å². The van der Waals surface area contributed by atoms with E-state index in [0.717, 1.165) is 0 Å². The minimum Gasteiger partial charge on any atom is -0.478 e. The molecule has 0 radical (unpaired) electrons. The highest BCUT2D eigenvalue weighted by atomic mass is 16.4. The van der Waals surface area contributed by atoms with E-state index in [-0.39, 0.29) is 5.48 Å². The topological polar surface area (TPSA) is 80.8 Å². The third kappa shape index (κ3) is 1.91. The summed E-state index contributed by atoms with van der Waals surface area (Å²) in [6.07, 6.45) is 5.49. The van der Waals surface area contributed by atoms with E-state index in [2.05, 4.69) is 5.32 Å². The van der Waals surface area contributed by atoms with Gasteiger partial charge in [-0.3, -0.25) is 0 Å². The maximum absolute atomic E-state index is 10.2. The van der Waals surface area contributed by atoms with Gasteiger partial charge in [0, 0.05) is 12.6 Å². The molecule has 4 N–H and O–H groups in total. The Morgan fingerprint density at radius 3 is 2.70 bits per heavy atom. The van der Waals surface area contributed by atoms with Crippen LogP contribution >= 0.6 is 0 Å². The fourth-order valence-electron chi connectivity index (χ4n) is 0.611. The van der Waals surface area contributed by atoms with Gasteiger partial charge in [-0.1, -0.05) is 6.08 Å². The van der Waals surface area contributed by atoms with Crippen LogP contribution in [0.2, 0.25) is 0 Å². The van der Waals surface area contributed by atoms with Crippen molar-refractivity contribution in [1.29, 1.82) is 0 Å². The van der Waals surface area contributed by atoms with Crippen molar-refractivity contribution >= 4 is 5.97 Å². The van der Waals surface area contributed by atoms with Crippen molar-refractivity contribution in [2.24, 2.45) is 0 Å². The number of carboxylic acids is 1. The van der Waals surface area contributed by atoms with Gasteiger partial charge in [0.1, 0.15) is 0 Å². The zero-order valence-corrected chi connectivity index (χ0v) is 5.29. The van der Waals surface area contributed by atoms with Gasteiger partial charge >= 0.3 is 5.97 Å². The highest BCUT2D eigenvalue weighted by molar-refractivity contribution is 5.86. The standard InChI is InChI=1S/C6H7NO2.H2O/c8-6(9)5-2-1-3-7-4-5;/h1,3-4,7H,2H2,(H,8,9);1H2. The van der Waals surface area contributed by atoms with Crippen LogP contribution in [0.3, 0.4) is 0 Å². The summed E-state index contributed by atoms with van der Waals surface area (Å²) in [6, 6.07) is 0. The van der Waals surface area contributed by atoms with Gasteiger partial charge in [0.2, 0.25) is 0 Å². The summed E-state index contributed by atoms with van der Waals surface area (Å²) in [5, 5.41) is 11.1. The Kier molecular flexibility index (Phi) is 3.21. The first-order chi connectivity index (χ1) is 4.30. The Balaban J connectivity index is 0.000000810. The van der Waals surface area contributed by atoms with Crippen molar-refractivity contribution in [2.45, 2.75) is 6.42 Å². The fraction of sp³-hybridized carbons (Fsp3) is 0.167. The Morgan fingerprint density at radius 1 is 1.70 bits per heavy atom. The van der Waals surface area contributed by atoms with Gasteiger partial charge in [-0.05, 0) is 6.20 Å². The van der Waals surface area contributed by atoms with Crippen molar-refractivity contribution in [3.05, 3.63) is 24.0 Å². The molecular weight excluding hydrogens is 134 g/mol. The molecule has 1 heterocycles. The van der Waals surface area contributed by atoms with Crippen molar-refractivity contribution < 1.29 is 15.4 Å². The van der Waals surface area contributed by atoms with Crippen LogP contribution in [0.4, 0.5) is 0 Å². The molecule has 10 heavy (non-hydrogen) atoms. The van der Waals surface area contributed by atoms with Crippen LogP contribution in [0.5, 0.6) is 0 Å². The molecule has 0 bridgehead atoms. The molecule has 0 saturated carbocycles. The number of hydrogen-bond acceptors (Lipinski definition) is 2. The summed E-state index contributed by atoms with van der Waals surface area (Å²) in [5.74, 6) is -0.855. The Morgan fingerprint density at radius 2 is 2.40 bits per heavy atom. The third-order valence-electron chi connectivity index (χ3n) is 1.08. The smallest absolute Gasteiger partial charge is 0.333 e. The molecule has 1 aliphatic rings. The average molecular weight is 143 g/mol.